The Hall–Kier alpha value is -1.84. The lowest BCUT2D eigenvalue weighted by Gasteiger charge is -2.09. The van der Waals surface area contributed by atoms with Gasteiger partial charge in [-0.3, -0.25) is 0 Å². The van der Waals surface area contributed by atoms with Crippen LogP contribution >= 0.6 is 0 Å². The molecule has 0 unspecified atom stereocenters. The molecule has 1 aromatic rings. The van der Waals surface area contributed by atoms with Crippen molar-refractivity contribution in [1.29, 1.82) is 0 Å². The van der Waals surface area contributed by atoms with Crippen molar-refractivity contribution in [2.75, 3.05) is 7.11 Å². The van der Waals surface area contributed by atoms with Crippen LogP contribution in [0.5, 0.6) is 11.5 Å². The number of allylic oxidation sites excluding steroid dienone is 1. The Morgan fingerprint density at radius 2 is 2.11 bits per heavy atom. The smallest absolute Gasteiger partial charge is 0.339 e. The highest BCUT2D eigenvalue weighted by molar-refractivity contribution is 5.90. The Morgan fingerprint density at radius 1 is 1.42 bits per heavy atom. The summed E-state index contributed by atoms with van der Waals surface area (Å²) in [5.74, 6) is -0.312. The van der Waals surface area contributed by atoms with Gasteiger partial charge in [-0.05, 0) is 24.5 Å². The molecule has 3 nitrogen and oxygen atoms in total. The van der Waals surface area contributed by atoms with E-state index in [1.165, 1.54) is 25.3 Å². The molecule has 104 valence electrons. The number of rotatable bonds is 5. The monoisotopic (exact) mass is 266 g/mol. The van der Waals surface area contributed by atoms with Gasteiger partial charge in [0, 0.05) is 11.6 Å². The third kappa shape index (κ3) is 4.39. The van der Waals surface area contributed by atoms with Crippen LogP contribution in [0, 0.1) is 11.7 Å². The minimum absolute atomic E-state index is 0.0520. The van der Waals surface area contributed by atoms with Gasteiger partial charge in [-0.15, -0.1) is 0 Å². The van der Waals surface area contributed by atoms with E-state index in [1.807, 2.05) is 26.8 Å². The molecule has 19 heavy (non-hydrogen) atoms. The molecular weight excluding hydrogens is 247 g/mol. The van der Waals surface area contributed by atoms with E-state index in [1.54, 1.807) is 0 Å². The molecule has 0 atom stereocenters. The molecule has 0 amide bonds. The van der Waals surface area contributed by atoms with E-state index in [0.29, 0.717) is 12.0 Å². The summed E-state index contributed by atoms with van der Waals surface area (Å²) >= 11 is 0. The molecule has 0 aliphatic heterocycles. The molecule has 0 aliphatic carbocycles. The van der Waals surface area contributed by atoms with Crippen LogP contribution in [0.15, 0.2) is 29.8 Å². The van der Waals surface area contributed by atoms with Crippen molar-refractivity contribution in [2.24, 2.45) is 5.92 Å². The number of halogens is 1. The third-order valence-corrected chi connectivity index (χ3v) is 2.51. The van der Waals surface area contributed by atoms with Gasteiger partial charge in [-0.1, -0.05) is 26.8 Å². The Balaban J connectivity index is 2.87. The van der Waals surface area contributed by atoms with Gasteiger partial charge in [0.15, 0.2) is 11.6 Å². The fourth-order valence-electron chi connectivity index (χ4n) is 1.61. The standard InChI is InChI=1S/C15H19FO3/c1-5-11(8-10(2)3)15(17)19-12-6-7-13(16)14(9-12)18-4/h6-10H,5H2,1-4H3. The first kappa shape index (κ1) is 15.2. The summed E-state index contributed by atoms with van der Waals surface area (Å²) in [6, 6.07) is 3.97. The number of ether oxygens (including phenoxy) is 2. The first-order chi connectivity index (χ1) is 8.97. The lowest BCUT2D eigenvalue weighted by Crippen LogP contribution is -2.11. The van der Waals surface area contributed by atoms with Crippen molar-refractivity contribution in [3.05, 3.63) is 35.7 Å². The van der Waals surface area contributed by atoms with Crippen LogP contribution in [0.25, 0.3) is 0 Å². The summed E-state index contributed by atoms with van der Waals surface area (Å²) in [4.78, 5) is 11.9. The second-order valence-electron chi connectivity index (χ2n) is 4.48. The molecule has 0 radical (unpaired) electrons. The summed E-state index contributed by atoms with van der Waals surface area (Å²) in [6.07, 6.45) is 2.46. The average molecular weight is 266 g/mol. The second-order valence-corrected chi connectivity index (χ2v) is 4.48. The van der Waals surface area contributed by atoms with Gasteiger partial charge in [0.05, 0.1) is 7.11 Å². The van der Waals surface area contributed by atoms with Crippen LogP contribution in [0.4, 0.5) is 4.39 Å². The van der Waals surface area contributed by atoms with E-state index in [0.717, 1.165) is 0 Å². The molecule has 0 bridgehead atoms. The highest BCUT2D eigenvalue weighted by atomic mass is 19.1. The summed E-state index contributed by atoms with van der Waals surface area (Å²) in [6.45, 7) is 5.87. The SMILES string of the molecule is CCC(=CC(C)C)C(=O)Oc1ccc(F)c(OC)c1. The molecule has 1 aromatic carbocycles. The molecule has 0 aromatic heterocycles. The van der Waals surface area contributed by atoms with Crippen LogP contribution in [-0.2, 0) is 4.79 Å². The van der Waals surface area contributed by atoms with Gasteiger partial charge >= 0.3 is 5.97 Å². The van der Waals surface area contributed by atoms with Gasteiger partial charge in [-0.2, -0.15) is 0 Å². The van der Waals surface area contributed by atoms with Crippen molar-refractivity contribution in [3.63, 3.8) is 0 Å². The molecule has 4 heteroatoms. The highest BCUT2D eigenvalue weighted by Gasteiger charge is 2.12. The van der Waals surface area contributed by atoms with Crippen molar-refractivity contribution in [1.82, 2.24) is 0 Å². The Labute approximate surface area is 113 Å². The fraction of sp³-hybridized carbons (Fsp3) is 0.400. The molecule has 0 saturated carbocycles. The molecule has 0 N–H and O–H groups in total. The normalized spacial score (nSPS) is 11.6. The molecule has 0 saturated heterocycles. The molecule has 0 fully saturated rings. The fourth-order valence-corrected chi connectivity index (χ4v) is 1.61. The molecule has 0 spiro atoms. The first-order valence-electron chi connectivity index (χ1n) is 6.24. The van der Waals surface area contributed by atoms with Crippen LogP contribution in [0.3, 0.4) is 0 Å². The second kappa shape index (κ2) is 6.92. The van der Waals surface area contributed by atoms with Crippen molar-refractivity contribution >= 4 is 5.97 Å². The van der Waals surface area contributed by atoms with E-state index < -0.39 is 11.8 Å². The van der Waals surface area contributed by atoms with Gasteiger partial charge < -0.3 is 9.47 Å². The number of carbonyl (C=O) groups excluding carboxylic acids is 1. The third-order valence-electron chi connectivity index (χ3n) is 2.51. The van der Waals surface area contributed by atoms with Crippen LogP contribution in [0.2, 0.25) is 0 Å². The number of hydrogen-bond acceptors (Lipinski definition) is 3. The average Bonchev–Trinajstić information content (AvgIpc) is 2.37. The Morgan fingerprint density at radius 3 is 2.63 bits per heavy atom. The molecule has 0 aliphatic rings. The summed E-state index contributed by atoms with van der Waals surface area (Å²) < 4.78 is 23.3. The van der Waals surface area contributed by atoms with Crippen LogP contribution in [0.1, 0.15) is 27.2 Å². The van der Waals surface area contributed by atoms with E-state index in [2.05, 4.69) is 0 Å². The van der Waals surface area contributed by atoms with E-state index >= 15 is 0 Å². The zero-order valence-corrected chi connectivity index (χ0v) is 11.7. The maximum atomic E-state index is 13.2. The quantitative estimate of drug-likeness (QED) is 0.463. The predicted molar refractivity (Wildman–Crippen MR) is 71.8 cm³/mol. The molecule has 0 heterocycles. The largest absolute Gasteiger partial charge is 0.494 e. The van der Waals surface area contributed by atoms with E-state index in [-0.39, 0.29) is 17.4 Å². The van der Waals surface area contributed by atoms with Crippen molar-refractivity contribution < 1.29 is 18.7 Å². The minimum atomic E-state index is -0.490. The van der Waals surface area contributed by atoms with Gasteiger partial charge in [0.25, 0.3) is 0 Å². The van der Waals surface area contributed by atoms with Gasteiger partial charge in [0.2, 0.25) is 0 Å². The van der Waals surface area contributed by atoms with Gasteiger partial charge in [0.1, 0.15) is 5.75 Å². The topological polar surface area (TPSA) is 35.5 Å². The van der Waals surface area contributed by atoms with Crippen LogP contribution in [-0.4, -0.2) is 13.1 Å². The van der Waals surface area contributed by atoms with Gasteiger partial charge in [-0.25, -0.2) is 9.18 Å². The Kier molecular flexibility index (Phi) is 5.55. The lowest BCUT2D eigenvalue weighted by molar-refractivity contribution is -0.130. The number of esters is 1. The lowest BCUT2D eigenvalue weighted by atomic mass is 10.1. The summed E-state index contributed by atoms with van der Waals surface area (Å²) in [5, 5.41) is 0. The van der Waals surface area contributed by atoms with Crippen molar-refractivity contribution in [3.8, 4) is 11.5 Å². The van der Waals surface area contributed by atoms with Crippen molar-refractivity contribution in [2.45, 2.75) is 27.2 Å². The maximum absolute atomic E-state index is 13.2. The first-order valence-corrected chi connectivity index (χ1v) is 6.24. The number of benzene rings is 1. The molecule has 1 rings (SSSR count). The predicted octanol–water partition coefficient (Wildman–Crippen LogP) is 3.73. The highest BCUT2D eigenvalue weighted by Crippen LogP contribution is 2.24. The molecular formula is C15H19FO3. The van der Waals surface area contributed by atoms with Crippen LogP contribution < -0.4 is 9.47 Å². The summed E-state index contributed by atoms with van der Waals surface area (Å²) in [7, 11) is 1.36. The zero-order chi connectivity index (χ0) is 14.4. The Bertz CT molecular complexity index is 478. The zero-order valence-electron chi connectivity index (χ0n) is 11.7. The number of methoxy groups -OCH3 is 1. The maximum Gasteiger partial charge on any atom is 0.339 e. The van der Waals surface area contributed by atoms with E-state index in [4.69, 9.17) is 9.47 Å². The number of hydrogen-bond donors (Lipinski definition) is 0. The van der Waals surface area contributed by atoms with E-state index in [9.17, 15) is 9.18 Å². The summed E-state index contributed by atoms with van der Waals surface area (Å²) in [5.41, 5.74) is 0.610. The minimum Gasteiger partial charge on any atom is -0.494 e. The number of carbonyl (C=O) groups is 1.